The molecule has 0 aliphatic heterocycles. The number of hydrogen-bond donors (Lipinski definition) is 0. The van der Waals surface area contributed by atoms with Gasteiger partial charge in [0.05, 0.1) is 0 Å². The summed E-state index contributed by atoms with van der Waals surface area (Å²) in [5.41, 5.74) is 15.9. The maximum atomic E-state index is 2.56. The van der Waals surface area contributed by atoms with E-state index in [-0.39, 0.29) is 29.0 Å². The number of rotatable bonds is 2. The zero-order valence-corrected chi connectivity index (χ0v) is 37.7. The summed E-state index contributed by atoms with van der Waals surface area (Å²) < 4.78 is 5.91. The third-order valence-electron chi connectivity index (χ3n) is 14.7. The minimum atomic E-state index is 0.268. The van der Waals surface area contributed by atoms with Gasteiger partial charge in [0, 0.05) is 0 Å². The number of hydrogen-bond acceptors (Lipinski definition) is 0. The van der Waals surface area contributed by atoms with Gasteiger partial charge in [-0.2, -0.15) is 0 Å². The van der Waals surface area contributed by atoms with Crippen LogP contribution in [0.25, 0.3) is 159 Å². The molecule has 14 aromatic rings. The van der Waals surface area contributed by atoms with E-state index >= 15 is 0 Å². The van der Waals surface area contributed by atoms with E-state index in [4.69, 9.17) is 0 Å². The first-order valence-corrected chi connectivity index (χ1v) is 25.6. The molecule has 2 aliphatic rings. The fourth-order valence-electron chi connectivity index (χ4n) is 11.9. The summed E-state index contributed by atoms with van der Waals surface area (Å²) in [6.45, 7) is 0. The van der Waals surface area contributed by atoms with Crippen molar-refractivity contribution >= 4 is 121 Å². The molecule has 0 unspecified atom stereocenters. The Morgan fingerprint density at radius 1 is 0.203 bits per heavy atom. The first-order valence-electron chi connectivity index (χ1n) is 22.1. The average Bonchev–Trinajstić information content (AvgIpc) is 4.09. The van der Waals surface area contributed by atoms with E-state index in [1.807, 2.05) is 0 Å². The fraction of sp³-hybridized carbons (Fsp3) is 0. The molecule has 16 rings (SSSR count). The molecule has 0 N–H and O–H groups in total. The summed E-state index contributed by atoms with van der Waals surface area (Å²) in [4.78, 5) is 0. The van der Waals surface area contributed by atoms with Crippen LogP contribution in [0.4, 0.5) is 0 Å². The molecule has 0 amide bonds. The van der Waals surface area contributed by atoms with Gasteiger partial charge in [-0.15, -0.1) is 0 Å². The molecule has 0 bridgehead atoms. The van der Waals surface area contributed by atoms with Crippen molar-refractivity contribution in [3.05, 3.63) is 194 Å². The van der Waals surface area contributed by atoms with Crippen molar-refractivity contribution in [3.63, 3.8) is 0 Å². The molecule has 2 aliphatic carbocycles. The van der Waals surface area contributed by atoms with Crippen LogP contribution in [-0.4, -0.2) is 29.0 Å². The fourth-order valence-corrected chi connectivity index (χ4v) is 16.7. The molecule has 0 nitrogen and oxygen atoms in total. The number of benzene rings is 12. The first kappa shape index (κ1) is 34.5. The molecular formula is C62H32Se2. The van der Waals surface area contributed by atoms with E-state index in [0.29, 0.717) is 0 Å². The predicted molar refractivity (Wildman–Crippen MR) is 278 cm³/mol. The van der Waals surface area contributed by atoms with Crippen molar-refractivity contribution in [2.75, 3.05) is 0 Å². The Morgan fingerprint density at radius 3 is 0.969 bits per heavy atom. The van der Waals surface area contributed by atoms with E-state index in [0.717, 1.165) is 0 Å². The van der Waals surface area contributed by atoms with Gasteiger partial charge in [0.25, 0.3) is 0 Å². The SMILES string of the molecule is c1cc2c3c(cccc3c1)-c1cc3c(cc1-2)c(-c1ccc2c(c1)[se]c1ccccc12)cc1c2cc4c(cc2c(-c2ccc5c(c2)[se]c2ccccc25)cc31)-c1cccc2cccc-4c12. The molecule has 2 aromatic heterocycles. The Hall–Kier alpha value is -7.02. The van der Waals surface area contributed by atoms with Crippen molar-refractivity contribution < 1.29 is 0 Å². The summed E-state index contributed by atoms with van der Waals surface area (Å²) >= 11 is 0.535. The molecular weight excluding hydrogens is 903 g/mol. The Morgan fingerprint density at radius 2 is 0.547 bits per heavy atom. The maximum absolute atomic E-state index is 2.56. The van der Waals surface area contributed by atoms with Crippen molar-refractivity contribution in [2.45, 2.75) is 0 Å². The van der Waals surface area contributed by atoms with Crippen LogP contribution in [0.15, 0.2) is 194 Å². The molecule has 2 heterocycles. The van der Waals surface area contributed by atoms with Crippen LogP contribution in [0.5, 0.6) is 0 Å². The monoisotopic (exact) mass is 936 g/mol. The zero-order chi connectivity index (χ0) is 41.4. The molecule has 2 heteroatoms. The second kappa shape index (κ2) is 12.4. The van der Waals surface area contributed by atoms with Gasteiger partial charge in [-0.05, 0) is 0 Å². The van der Waals surface area contributed by atoms with Crippen LogP contribution in [-0.2, 0) is 0 Å². The van der Waals surface area contributed by atoms with Crippen molar-refractivity contribution in [1.29, 1.82) is 0 Å². The summed E-state index contributed by atoms with van der Waals surface area (Å²) in [5.74, 6) is 0. The quantitative estimate of drug-likeness (QED) is 0.120. The molecule has 0 fully saturated rings. The van der Waals surface area contributed by atoms with Gasteiger partial charge >= 0.3 is 382 Å². The second-order valence-electron chi connectivity index (χ2n) is 17.9. The van der Waals surface area contributed by atoms with Crippen molar-refractivity contribution in [2.24, 2.45) is 0 Å². The Bertz CT molecular complexity index is 4180. The third kappa shape index (κ3) is 4.49. The molecule has 0 saturated carbocycles. The first-order chi connectivity index (χ1) is 31.7. The van der Waals surface area contributed by atoms with Gasteiger partial charge in [-0.25, -0.2) is 0 Å². The predicted octanol–water partition coefficient (Wildman–Crippen LogP) is 16.8. The minimum absolute atomic E-state index is 0.268. The molecule has 0 radical (unpaired) electrons. The standard InChI is InChI=1S/C62H32Se2/c1-3-19-57-37(13-1)39-23-21-35(25-59(39)63-57)45-27-53-54(55-31-49-43-17-7-11-33-9-5-15-41(61(33)43)47(49)29-51(45)55)28-46(36-22-24-40-38-14-2-4-20-58(38)64-60(40)26-36)52-30-48-42-16-6-10-34-12-8-18-44(62(34)42)50(48)32-56(52)53/h1-32H. The van der Waals surface area contributed by atoms with E-state index in [9.17, 15) is 0 Å². The molecule has 64 heavy (non-hydrogen) atoms. The van der Waals surface area contributed by atoms with Crippen LogP contribution in [0.2, 0.25) is 0 Å². The Balaban J connectivity index is 1.07. The van der Waals surface area contributed by atoms with E-state index < -0.39 is 0 Å². The van der Waals surface area contributed by atoms with Gasteiger partial charge < -0.3 is 0 Å². The molecule has 0 saturated heterocycles. The third-order valence-corrected chi connectivity index (χ3v) is 19.4. The number of fused-ring (bicyclic) bond motifs is 17. The normalized spacial score (nSPS) is 12.7. The molecule has 12 aromatic carbocycles. The van der Waals surface area contributed by atoms with E-state index in [1.165, 1.54) is 159 Å². The summed E-state index contributed by atoms with van der Waals surface area (Å²) in [7, 11) is 0. The van der Waals surface area contributed by atoms with Crippen LogP contribution in [0.3, 0.4) is 0 Å². The molecule has 0 atom stereocenters. The van der Waals surface area contributed by atoms with Gasteiger partial charge in [0.15, 0.2) is 0 Å². The molecule has 292 valence electrons. The van der Waals surface area contributed by atoms with Crippen LogP contribution in [0, 0.1) is 0 Å². The van der Waals surface area contributed by atoms with Gasteiger partial charge in [0.1, 0.15) is 0 Å². The van der Waals surface area contributed by atoms with Gasteiger partial charge in [0.2, 0.25) is 0 Å². The topological polar surface area (TPSA) is 0 Å². The zero-order valence-electron chi connectivity index (χ0n) is 34.3. The Kier molecular flexibility index (Phi) is 6.66. The second-order valence-corrected chi connectivity index (χ2v) is 22.4. The Labute approximate surface area is 379 Å². The van der Waals surface area contributed by atoms with E-state index in [2.05, 4.69) is 194 Å². The summed E-state index contributed by atoms with van der Waals surface area (Å²) in [6, 6.07) is 75.3. The average molecular weight is 935 g/mol. The van der Waals surface area contributed by atoms with Gasteiger partial charge in [-0.1, -0.05) is 0 Å². The summed E-state index contributed by atoms with van der Waals surface area (Å²) in [6.07, 6.45) is 0. The van der Waals surface area contributed by atoms with Crippen molar-refractivity contribution in [1.82, 2.24) is 0 Å². The van der Waals surface area contributed by atoms with E-state index in [1.54, 1.807) is 0 Å². The summed E-state index contributed by atoms with van der Waals surface area (Å²) in [5, 5.41) is 18.8. The van der Waals surface area contributed by atoms with Gasteiger partial charge in [-0.3, -0.25) is 0 Å². The van der Waals surface area contributed by atoms with Crippen LogP contribution < -0.4 is 0 Å². The van der Waals surface area contributed by atoms with Crippen LogP contribution >= 0.6 is 0 Å². The van der Waals surface area contributed by atoms with Crippen molar-refractivity contribution in [3.8, 4) is 66.8 Å². The molecule has 0 spiro atoms. The van der Waals surface area contributed by atoms with Crippen LogP contribution in [0.1, 0.15) is 0 Å².